The first-order valence-electron chi connectivity index (χ1n) is 8.55. The maximum absolute atomic E-state index is 12.2. The Morgan fingerprint density at radius 1 is 0.963 bits per heavy atom. The van der Waals surface area contributed by atoms with Crippen LogP contribution < -0.4 is 5.32 Å². The number of carbonyl (C=O) groups excluding carboxylic acids is 2. The molecule has 0 saturated heterocycles. The van der Waals surface area contributed by atoms with Crippen molar-refractivity contribution in [1.82, 2.24) is 4.90 Å². The zero-order valence-electron chi connectivity index (χ0n) is 15.0. The van der Waals surface area contributed by atoms with Crippen LogP contribution in [0.2, 0.25) is 0 Å². The van der Waals surface area contributed by atoms with Crippen molar-refractivity contribution < 1.29 is 9.59 Å². The number of anilines is 1. The van der Waals surface area contributed by atoms with Crippen molar-refractivity contribution in [1.29, 1.82) is 0 Å². The molecule has 1 N–H and O–H groups in total. The third-order valence-electron chi connectivity index (χ3n) is 3.89. The Morgan fingerprint density at radius 2 is 1.63 bits per heavy atom. The van der Waals surface area contributed by atoms with Gasteiger partial charge in [0.15, 0.2) is 0 Å². The summed E-state index contributed by atoms with van der Waals surface area (Å²) in [5.74, 6) is -0.444. The molecule has 0 spiro atoms. The van der Waals surface area contributed by atoms with E-state index in [0.717, 1.165) is 15.3 Å². The average molecular weight is 376 g/mol. The van der Waals surface area contributed by atoms with Crippen LogP contribution in [0.15, 0.2) is 78.9 Å². The Balaban J connectivity index is 1.55. The summed E-state index contributed by atoms with van der Waals surface area (Å²) in [6.45, 7) is -0.00221. The number of thiophene rings is 1. The van der Waals surface area contributed by atoms with Crippen molar-refractivity contribution in [2.45, 2.75) is 0 Å². The van der Waals surface area contributed by atoms with E-state index in [2.05, 4.69) is 17.4 Å². The third kappa shape index (κ3) is 5.39. The second-order valence-corrected chi connectivity index (χ2v) is 7.13. The fraction of sp³-hybridized carbons (Fsp3) is 0.0909. The largest absolute Gasteiger partial charge is 0.333 e. The van der Waals surface area contributed by atoms with Crippen LogP contribution in [0.1, 0.15) is 4.88 Å². The molecule has 0 radical (unpaired) electrons. The lowest BCUT2D eigenvalue weighted by Gasteiger charge is -2.14. The quantitative estimate of drug-likeness (QED) is 0.643. The molecule has 0 saturated carbocycles. The monoisotopic (exact) mass is 376 g/mol. The summed E-state index contributed by atoms with van der Waals surface area (Å²) in [7, 11) is 1.61. The lowest BCUT2D eigenvalue weighted by Crippen LogP contribution is -2.33. The van der Waals surface area contributed by atoms with Gasteiger partial charge in [-0.3, -0.25) is 9.59 Å². The zero-order chi connectivity index (χ0) is 19.1. The van der Waals surface area contributed by atoms with Gasteiger partial charge in [0.1, 0.15) is 0 Å². The first kappa shape index (κ1) is 18.6. The lowest BCUT2D eigenvalue weighted by molar-refractivity contribution is -0.129. The number of rotatable bonds is 6. The van der Waals surface area contributed by atoms with Gasteiger partial charge in [-0.15, -0.1) is 11.3 Å². The number of amides is 2. The molecule has 2 aromatic carbocycles. The van der Waals surface area contributed by atoms with Crippen LogP contribution in [0, 0.1) is 0 Å². The molecule has 3 rings (SSSR count). The van der Waals surface area contributed by atoms with Crippen LogP contribution >= 0.6 is 11.3 Å². The van der Waals surface area contributed by atoms with Crippen LogP contribution in [-0.2, 0) is 9.59 Å². The highest BCUT2D eigenvalue weighted by Crippen LogP contribution is 2.28. The molecular formula is C22H20N2O2S. The van der Waals surface area contributed by atoms with E-state index in [-0.39, 0.29) is 18.4 Å². The van der Waals surface area contributed by atoms with Crippen molar-refractivity contribution in [3.8, 4) is 10.4 Å². The maximum Gasteiger partial charge on any atom is 0.246 e. The van der Waals surface area contributed by atoms with E-state index in [1.165, 1.54) is 11.0 Å². The lowest BCUT2D eigenvalue weighted by atomic mass is 10.2. The number of nitrogens with zero attached hydrogens (tertiary/aromatic N) is 1. The van der Waals surface area contributed by atoms with Crippen LogP contribution in [-0.4, -0.2) is 30.3 Å². The highest BCUT2D eigenvalue weighted by atomic mass is 32.1. The molecule has 0 fully saturated rings. The number of hydrogen-bond acceptors (Lipinski definition) is 3. The number of likely N-dealkylation sites (N-methyl/N-ethyl adjacent to an activating group) is 1. The van der Waals surface area contributed by atoms with E-state index in [1.54, 1.807) is 36.6 Å². The predicted molar refractivity (Wildman–Crippen MR) is 111 cm³/mol. The summed E-state index contributed by atoms with van der Waals surface area (Å²) < 4.78 is 0. The van der Waals surface area contributed by atoms with Gasteiger partial charge in [-0.25, -0.2) is 0 Å². The van der Waals surface area contributed by atoms with E-state index in [1.807, 2.05) is 48.5 Å². The molecule has 4 nitrogen and oxygen atoms in total. The molecule has 0 unspecified atom stereocenters. The van der Waals surface area contributed by atoms with Crippen molar-refractivity contribution >= 4 is 34.9 Å². The number of carbonyl (C=O) groups is 2. The molecular weight excluding hydrogens is 356 g/mol. The molecule has 27 heavy (non-hydrogen) atoms. The van der Waals surface area contributed by atoms with E-state index in [4.69, 9.17) is 0 Å². The fourth-order valence-corrected chi connectivity index (χ4v) is 3.41. The van der Waals surface area contributed by atoms with Gasteiger partial charge in [0.25, 0.3) is 0 Å². The SMILES string of the molecule is CN(CC(=O)Nc1ccccc1)C(=O)/C=C/c1ccc(-c2ccccc2)s1. The van der Waals surface area contributed by atoms with E-state index >= 15 is 0 Å². The summed E-state index contributed by atoms with van der Waals surface area (Å²) >= 11 is 1.62. The van der Waals surface area contributed by atoms with Gasteiger partial charge in [0.2, 0.25) is 11.8 Å². The normalized spacial score (nSPS) is 10.7. The Morgan fingerprint density at radius 3 is 2.33 bits per heavy atom. The van der Waals surface area contributed by atoms with Crippen molar-refractivity contribution in [3.05, 3.63) is 83.7 Å². The maximum atomic E-state index is 12.2. The summed E-state index contributed by atoms with van der Waals surface area (Å²) in [6, 6.07) is 23.3. The van der Waals surface area contributed by atoms with Gasteiger partial charge in [-0.1, -0.05) is 48.5 Å². The smallest absolute Gasteiger partial charge is 0.246 e. The third-order valence-corrected chi connectivity index (χ3v) is 4.99. The minimum absolute atomic E-state index is 0.00221. The molecule has 1 aromatic heterocycles. The highest BCUT2D eigenvalue weighted by molar-refractivity contribution is 7.16. The Labute approximate surface area is 162 Å². The molecule has 1 heterocycles. The van der Waals surface area contributed by atoms with Gasteiger partial charge in [-0.2, -0.15) is 0 Å². The second kappa shape index (κ2) is 8.96. The molecule has 136 valence electrons. The van der Waals surface area contributed by atoms with Crippen LogP contribution in [0.4, 0.5) is 5.69 Å². The van der Waals surface area contributed by atoms with Crippen LogP contribution in [0.25, 0.3) is 16.5 Å². The minimum Gasteiger partial charge on any atom is -0.333 e. The minimum atomic E-state index is -0.229. The summed E-state index contributed by atoms with van der Waals surface area (Å²) in [5, 5.41) is 2.77. The number of benzene rings is 2. The number of nitrogens with one attached hydrogen (secondary N) is 1. The van der Waals surface area contributed by atoms with Crippen molar-refractivity contribution in [3.63, 3.8) is 0 Å². The van der Waals surface area contributed by atoms with E-state index in [9.17, 15) is 9.59 Å². The Bertz CT molecular complexity index is 933. The van der Waals surface area contributed by atoms with Crippen molar-refractivity contribution in [2.75, 3.05) is 18.9 Å². The molecule has 5 heteroatoms. The van der Waals surface area contributed by atoms with Gasteiger partial charge < -0.3 is 10.2 Å². The standard InChI is InChI=1S/C22H20N2O2S/c1-24(16-21(25)23-18-10-6-3-7-11-18)22(26)15-13-19-12-14-20(27-19)17-8-4-2-5-9-17/h2-15H,16H2,1H3,(H,23,25)/b15-13+. The summed E-state index contributed by atoms with van der Waals surface area (Å²) in [5.41, 5.74) is 1.87. The molecule has 0 aliphatic carbocycles. The Hall–Kier alpha value is -3.18. The topological polar surface area (TPSA) is 49.4 Å². The van der Waals surface area contributed by atoms with Crippen LogP contribution in [0.3, 0.4) is 0 Å². The molecule has 0 bridgehead atoms. The first-order valence-corrected chi connectivity index (χ1v) is 9.37. The molecule has 0 aliphatic rings. The van der Waals surface area contributed by atoms with E-state index < -0.39 is 0 Å². The summed E-state index contributed by atoms with van der Waals surface area (Å²) in [6.07, 6.45) is 3.28. The fourth-order valence-electron chi connectivity index (χ4n) is 2.50. The molecule has 3 aromatic rings. The predicted octanol–water partition coefficient (Wildman–Crippen LogP) is 4.53. The van der Waals surface area contributed by atoms with Gasteiger partial charge in [0, 0.05) is 28.6 Å². The van der Waals surface area contributed by atoms with Crippen LogP contribution in [0.5, 0.6) is 0 Å². The van der Waals surface area contributed by atoms with Crippen molar-refractivity contribution in [2.24, 2.45) is 0 Å². The second-order valence-electron chi connectivity index (χ2n) is 6.01. The van der Waals surface area contributed by atoms with E-state index in [0.29, 0.717) is 5.69 Å². The molecule has 2 amide bonds. The number of hydrogen-bond donors (Lipinski definition) is 1. The summed E-state index contributed by atoms with van der Waals surface area (Å²) in [4.78, 5) is 27.8. The molecule has 0 aliphatic heterocycles. The average Bonchev–Trinajstić information content (AvgIpc) is 3.16. The van der Waals surface area contributed by atoms with Gasteiger partial charge in [0.05, 0.1) is 6.54 Å². The van der Waals surface area contributed by atoms with Gasteiger partial charge >= 0.3 is 0 Å². The van der Waals surface area contributed by atoms with Gasteiger partial charge in [-0.05, 0) is 35.9 Å². The number of para-hydroxylation sites is 1. The molecule has 0 atom stereocenters. The Kier molecular flexibility index (Phi) is 6.18. The zero-order valence-corrected chi connectivity index (χ0v) is 15.8. The first-order chi connectivity index (χ1) is 13.1. The highest BCUT2D eigenvalue weighted by Gasteiger charge is 2.11.